The lowest BCUT2D eigenvalue weighted by atomic mass is 9.96. The van der Waals surface area contributed by atoms with Crippen LogP contribution in [0.5, 0.6) is 0 Å². The lowest BCUT2D eigenvalue weighted by molar-refractivity contribution is -0.118. The Kier molecular flexibility index (Phi) is 5.60. The number of aryl methyl sites for hydroxylation is 2. The van der Waals surface area contributed by atoms with Gasteiger partial charge in [-0.25, -0.2) is 0 Å². The van der Waals surface area contributed by atoms with Crippen molar-refractivity contribution < 1.29 is 9.32 Å². The highest BCUT2D eigenvalue weighted by molar-refractivity contribution is 7.16. The molecule has 0 radical (unpaired) electrons. The number of carbonyl (C=O) groups excluding carboxylic acids is 1. The average Bonchev–Trinajstić information content (AvgIpc) is 3.45. The molecule has 4 heterocycles. The van der Waals surface area contributed by atoms with E-state index >= 15 is 0 Å². The third-order valence-corrected chi connectivity index (χ3v) is 7.10. The number of primary amides is 1. The molecular weight excluding hydrogens is 470 g/mol. The van der Waals surface area contributed by atoms with Crippen molar-refractivity contribution >= 4 is 34.6 Å². The number of aromatic nitrogens is 3. The summed E-state index contributed by atoms with van der Waals surface area (Å²) in [4.78, 5) is 18.8. The highest BCUT2D eigenvalue weighted by Crippen LogP contribution is 2.46. The minimum absolute atomic E-state index is 0.0143. The number of nitrogens with zero attached hydrogens (tertiary/aromatic N) is 4. The Morgan fingerprint density at radius 1 is 1.24 bits per heavy atom. The first-order valence-electron chi connectivity index (χ1n) is 10.5. The molecule has 1 aliphatic heterocycles. The second-order valence-corrected chi connectivity index (χ2v) is 9.55. The highest BCUT2D eigenvalue weighted by atomic mass is 35.5. The topological polar surface area (TPSA) is 99.3 Å². The summed E-state index contributed by atoms with van der Waals surface area (Å²) in [7, 11) is 1.86. The number of rotatable bonds is 3. The predicted molar refractivity (Wildman–Crippen MR) is 132 cm³/mol. The highest BCUT2D eigenvalue weighted by Gasteiger charge is 2.34. The Labute approximate surface area is 205 Å². The van der Waals surface area contributed by atoms with Crippen molar-refractivity contribution in [3.8, 4) is 22.3 Å². The molecule has 0 unspecified atom stereocenters. The van der Waals surface area contributed by atoms with Gasteiger partial charge in [-0.05, 0) is 31.5 Å². The van der Waals surface area contributed by atoms with E-state index < -0.39 is 11.9 Å². The Morgan fingerprint density at radius 3 is 2.68 bits per heavy atom. The Bertz CT molecular complexity index is 1510. The maximum absolute atomic E-state index is 11.9. The predicted octanol–water partition coefficient (Wildman–Crippen LogP) is 4.57. The van der Waals surface area contributed by atoms with Gasteiger partial charge in [0.1, 0.15) is 6.04 Å². The van der Waals surface area contributed by atoms with Gasteiger partial charge in [0.05, 0.1) is 44.9 Å². The first-order valence-corrected chi connectivity index (χ1v) is 11.7. The summed E-state index contributed by atoms with van der Waals surface area (Å²) in [5.41, 5.74) is 11.5. The van der Waals surface area contributed by atoms with Crippen LogP contribution in [0.4, 0.5) is 0 Å². The van der Waals surface area contributed by atoms with Crippen LogP contribution in [0.1, 0.15) is 51.0 Å². The number of nitrogens with two attached hydrogens (primary N) is 1. The van der Waals surface area contributed by atoms with E-state index in [-0.39, 0.29) is 6.42 Å². The molecule has 1 aliphatic rings. The maximum atomic E-state index is 11.9. The third-order valence-electron chi connectivity index (χ3n) is 5.62. The second kappa shape index (κ2) is 8.60. The van der Waals surface area contributed by atoms with E-state index in [2.05, 4.69) is 22.1 Å². The number of thiophene rings is 1. The van der Waals surface area contributed by atoms with Crippen molar-refractivity contribution in [2.45, 2.75) is 26.3 Å². The van der Waals surface area contributed by atoms with E-state index in [4.69, 9.17) is 26.9 Å². The van der Waals surface area contributed by atoms with Crippen molar-refractivity contribution in [3.63, 3.8) is 0 Å². The van der Waals surface area contributed by atoms with Crippen LogP contribution in [0.2, 0.25) is 5.02 Å². The maximum Gasteiger partial charge on any atom is 0.220 e. The Morgan fingerprint density at radius 2 is 2.00 bits per heavy atom. The summed E-state index contributed by atoms with van der Waals surface area (Å²) < 4.78 is 7.41. The second-order valence-electron chi connectivity index (χ2n) is 8.09. The number of amides is 1. The fourth-order valence-electron chi connectivity index (χ4n) is 4.03. The van der Waals surface area contributed by atoms with Crippen molar-refractivity contribution in [1.29, 1.82) is 0 Å². The molecule has 170 valence electrons. The van der Waals surface area contributed by atoms with Gasteiger partial charge < -0.3 is 10.3 Å². The van der Waals surface area contributed by atoms with Crippen molar-refractivity contribution in [3.05, 3.63) is 80.3 Å². The van der Waals surface area contributed by atoms with Gasteiger partial charge in [-0.15, -0.1) is 11.3 Å². The first kappa shape index (κ1) is 22.1. The lowest BCUT2D eigenvalue weighted by Crippen LogP contribution is -2.15. The zero-order valence-electron chi connectivity index (χ0n) is 18.7. The molecule has 7 nitrogen and oxygen atoms in total. The summed E-state index contributed by atoms with van der Waals surface area (Å²) in [6.45, 7) is 3.92. The molecule has 0 saturated carbocycles. The molecule has 1 amide bonds. The number of benzene rings is 1. The van der Waals surface area contributed by atoms with Crippen LogP contribution in [0.15, 0.2) is 46.2 Å². The van der Waals surface area contributed by atoms with Gasteiger partial charge in [0.25, 0.3) is 0 Å². The zero-order valence-corrected chi connectivity index (χ0v) is 20.3. The fourth-order valence-corrected chi connectivity index (χ4v) is 5.42. The molecule has 5 rings (SSSR count). The molecule has 0 fully saturated rings. The van der Waals surface area contributed by atoms with Gasteiger partial charge >= 0.3 is 0 Å². The van der Waals surface area contributed by atoms with Crippen LogP contribution in [0.25, 0.3) is 10.4 Å². The van der Waals surface area contributed by atoms with E-state index in [1.807, 2.05) is 51.4 Å². The van der Waals surface area contributed by atoms with Gasteiger partial charge in [-0.1, -0.05) is 40.7 Å². The van der Waals surface area contributed by atoms with Crippen LogP contribution in [0, 0.1) is 25.7 Å². The molecule has 1 aromatic carbocycles. The molecule has 34 heavy (non-hydrogen) atoms. The summed E-state index contributed by atoms with van der Waals surface area (Å²) in [5, 5.41) is 9.00. The molecule has 0 spiro atoms. The van der Waals surface area contributed by atoms with Gasteiger partial charge in [-0.2, -0.15) is 5.10 Å². The normalized spacial score (nSPS) is 14.5. The molecule has 0 aliphatic carbocycles. The number of fused-ring (bicyclic) bond motifs is 3. The third kappa shape index (κ3) is 3.94. The van der Waals surface area contributed by atoms with Crippen LogP contribution < -0.4 is 5.73 Å². The molecular formula is C25H20ClN5O2S. The summed E-state index contributed by atoms with van der Waals surface area (Å²) in [5.74, 6) is 6.57. The van der Waals surface area contributed by atoms with Crippen molar-refractivity contribution in [2.75, 3.05) is 0 Å². The lowest BCUT2D eigenvalue weighted by Gasteiger charge is -2.11. The van der Waals surface area contributed by atoms with E-state index in [1.54, 1.807) is 22.2 Å². The van der Waals surface area contributed by atoms with Gasteiger partial charge in [0, 0.05) is 29.4 Å². The van der Waals surface area contributed by atoms with E-state index in [0.29, 0.717) is 10.8 Å². The Balaban J connectivity index is 1.75. The molecule has 0 bridgehead atoms. The van der Waals surface area contributed by atoms with Crippen LogP contribution in [-0.2, 0) is 11.8 Å². The summed E-state index contributed by atoms with van der Waals surface area (Å²) in [6.07, 6.45) is 3.62. The number of hydrogen-bond donors (Lipinski definition) is 1. The van der Waals surface area contributed by atoms with Gasteiger partial charge in [0.15, 0.2) is 5.76 Å². The van der Waals surface area contributed by atoms with E-state index in [0.717, 1.165) is 49.0 Å². The van der Waals surface area contributed by atoms with Crippen LogP contribution in [-0.4, -0.2) is 26.6 Å². The van der Waals surface area contributed by atoms with Gasteiger partial charge in [-0.3, -0.25) is 14.5 Å². The molecule has 2 N–H and O–H groups in total. The number of carbonyl (C=O) groups is 1. The Hall–Kier alpha value is -3.67. The van der Waals surface area contributed by atoms with Crippen molar-refractivity contribution in [1.82, 2.24) is 14.9 Å². The first-order chi connectivity index (χ1) is 16.3. The minimum Gasteiger partial charge on any atom is -0.370 e. The minimum atomic E-state index is -0.580. The van der Waals surface area contributed by atoms with E-state index in [1.165, 1.54) is 0 Å². The zero-order chi connectivity index (χ0) is 24.0. The largest absolute Gasteiger partial charge is 0.370 e. The van der Waals surface area contributed by atoms with Gasteiger partial charge in [0.2, 0.25) is 5.91 Å². The van der Waals surface area contributed by atoms with Crippen LogP contribution in [0.3, 0.4) is 0 Å². The summed E-state index contributed by atoms with van der Waals surface area (Å²) in [6, 6.07) is 6.90. The smallest absolute Gasteiger partial charge is 0.220 e. The standard InChI is InChI=1S/C25H20ClN5O2S/c1-13-19(9-4-15-11-28-31(3)12-15)34-25-21(13)23(16-5-7-17(26)8-6-16)29-18(10-20(27)32)24-22(25)14(2)30-33-24/h5-8,11-12,18H,10H2,1-3H3,(H2,27,32)/t18-/m0/s1. The molecule has 0 saturated heterocycles. The fraction of sp³-hybridized carbons (Fsp3) is 0.200. The monoisotopic (exact) mass is 489 g/mol. The summed E-state index contributed by atoms with van der Waals surface area (Å²) >= 11 is 7.71. The average molecular weight is 490 g/mol. The molecule has 1 atom stereocenters. The molecule has 9 heteroatoms. The SMILES string of the molecule is Cc1noc2c1-c1sc(C#Cc3cnn(C)c3)c(C)c1C(c1ccc(Cl)cc1)=N[C@H]2CC(N)=O. The quantitative estimate of drug-likeness (QED) is 0.426. The number of aliphatic imine (C=N–C) groups is 1. The number of halogens is 1. The number of hydrogen-bond acceptors (Lipinski definition) is 6. The van der Waals surface area contributed by atoms with Crippen molar-refractivity contribution in [2.24, 2.45) is 17.8 Å². The van der Waals surface area contributed by atoms with E-state index in [9.17, 15) is 4.79 Å². The van der Waals surface area contributed by atoms with Crippen LogP contribution >= 0.6 is 22.9 Å². The molecule has 4 aromatic rings. The molecule has 3 aromatic heterocycles.